The second-order valence-corrected chi connectivity index (χ2v) is 9.41. The average Bonchev–Trinajstić information content (AvgIpc) is 3.52. The van der Waals surface area contributed by atoms with Gasteiger partial charge in [0.2, 0.25) is 0 Å². The molecule has 1 fully saturated rings. The molecule has 0 aliphatic heterocycles. The molecule has 1 aliphatic rings. The maximum atomic E-state index is 12.7. The summed E-state index contributed by atoms with van der Waals surface area (Å²) in [4.78, 5) is 29.6. The highest BCUT2D eigenvalue weighted by Gasteiger charge is 2.43. The van der Waals surface area contributed by atoms with E-state index in [0.29, 0.717) is 42.6 Å². The molecule has 5 rings (SSSR count). The van der Waals surface area contributed by atoms with Gasteiger partial charge < -0.3 is 15.6 Å². The summed E-state index contributed by atoms with van der Waals surface area (Å²) in [5.74, 6) is -0.921. The number of carboxylic acids is 1. The Balaban J connectivity index is 1.56. The van der Waals surface area contributed by atoms with Crippen LogP contribution in [-0.2, 0) is 9.53 Å². The number of para-hydroxylation sites is 1. The van der Waals surface area contributed by atoms with E-state index in [1.807, 2.05) is 36.5 Å². The standard InChI is InChI=1S/C26H28N6O4/c1-16(33)21-22(17-8-10-26(11-9-17,15-36-2)25(34)35)30-24-20(13-29-32(24)23(21)27)18-12-28-31(14-18)19-6-4-3-5-7-19/h3-7,12-14,17H,8-11,15,27H2,1-2H3,(H,34,35)/t17-,26+. The van der Waals surface area contributed by atoms with Gasteiger partial charge >= 0.3 is 5.97 Å². The van der Waals surface area contributed by atoms with Crippen molar-refractivity contribution >= 4 is 23.2 Å². The molecule has 0 saturated heterocycles. The molecule has 0 radical (unpaired) electrons. The number of nitrogens with two attached hydrogens (primary N) is 1. The van der Waals surface area contributed by atoms with Crippen molar-refractivity contribution in [1.29, 1.82) is 0 Å². The second kappa shape index (κ2) is 9.19. The first kappa shape index (κ1) is 23.7. The number of benzene rings is 1. The fraction of sp³-hybridized carbons (Fsp3) is 0.346. The number of ketones is 1. The van der Waals surface area contributed by atoms with Gasteiger partial charge in [-0.25, -0.2) is 9.67 Å². The summed E-state index contributed by atoms with van der Waals surface area (Å²) in [6.45, 7) is 1.62. The number of hydrogen-bond donors (Lipinski definition) is 2. The van der Waals surface area contributed by atoms with Gasteiger partial charge in [0.05, 0.1) is 41.4 Å². The van der Waals surface area contributed by atoms with Gasteiger partial charge in [-0.1, -0.05) is 18.2 Å². The summed E-state index contributed by atoms with van der Waals surface area (Å²) in [7, 11) is 1.52. The van der Waals surface area contributed by atoms with Crippen molar-refractivity contribution in [2.24, 2.45) is 5.41 Å². The minimum Gasteiger partial charge on any atom is -0.481 e. The molecule has 3 N–H and O–H groups in total. The number of hydrogen-bond acceptors (Lipinski definition) is 7. The van der Waals surface area contributed by atoms with E-state index in [2.05, 4.69) is 10.2 Å². The molecule has 1 aromatic carbocycles. The number of carbonyl (C=O) groups is 2. The molecule has 0 unspecified atom stereocenters. The highest BCUT2D eigenvalue weighted by atomic mass is 16.5. The minimum atomic E-state index is -0.926. The van der Waals surface area contributed by atoms with Crippen LogP contribution in [-0.4, -0.2) is 55.0 Å². The number of fused-ring (bicyclic) bond motifs is 1. The molecule has 3 aromatic heterocycles. The Bertz CT molecular complexity index is 1430. The van der Waals surface area contributed by atoms with Crippen molar-refractivity contribution in [3.8, 4) is 16.8 Å². The quantitative estimate of drug-likeness (QED) is 0.375. The molecule has 36 heavy (non-hydrogen) atoms. The molecule has 186 valence electrons. The maximum Gasteiger partial charge on any atom is 0.311 e. The van der Waals surface area contributed by atoms with Gasteiger partial charge in [0, 0.05) is 30.4 Å². The van der Waals surface area contributed by atoms with Crippen molar-refractivity contribution < 1.29 is 19.4 Å². The van der Waals surface area contributed by atoms with E-state index in [1.54, 1.807) is 17.1 Å². The maximum absolute atomic E-state index is 12.7. The number of rotatable bonds is 7. The summed E-state index contributed by atoms with van der Waals surface area (Å²) >= 11 is 0. The molecule has 3 heterocycles. The lowest BCUT2D eigenvalue weighted by Gasteiger charge is -2.36. The van der Waals surface area contributed by atoms with Gasteiger partial charge in [0.1, 0.15) is 5.82 Å². The van der Waals surface area contributed by atoms with Crippen LogP contribution in [0.5, 0.6) is 0 Å². The van der Waals surface area contributed by atoms with Crippen LogP contribution >= 0.6 is 0 Å². The largest absolute Gasteiger partial charge is 0.481 e. The molecular weight excluding hydrogens is 460 g/mol. The van der Waals surface area contributed by atoms with Crippen molar-refractivity contribution in [2.75, 3.05) is 19.5 Å². The normalized spacial score (nSPS) is 20.0. The van der Waals surface area contributed by atoms with Gasteiger partial charge in [-0.3, -0.25) is 9.59 Å². The number of aliphatic carboxylic acids is 1. The van der Waals surface area contributed by atoms with E-state index in [-0.39, 0.29) is 24.1 Å². The molecule has 4 aromatic rings. The molecule has 0 amide bonds. The van der Waals surface area contributed by atoms with Crippen LogP contribution in [0.2, 0.25) is 0 Å². The van der Waals surface area contributed by atoms with Gasteiger partial charge in [-0.05, 0) is 44.7 Å². The fourth-order valence-electron chi connectivity index (χ4n) is 5.22. The third-order valence-electron chi connectivity index (χ3n) is 7.18. The lowest BCUT2D eigenvalue weighted by atomic mass is 9.69. The van der Waals surface area contributed by atoms with E-state index in [4.69, 9.17) is 15.5 Å². The predicted octanol–water partition coefficient (Wildman–Crippen LogP) is 3.74. The van der Waals surface area contributed by atoms with Crippen LogP contribution in [0.4, 0.5) is 5.82 Å². The Hall–Kier alpha value is -4.05. The SMILES string of the molecule is COC[C@]1(C(=O)O)CC[C@@H](c2nc3c(-c4cnn(-c5ccccc5)c4)cnn3c(N)c2C(C)=O)CC1. The Kier molecular flexibility index (Phi) is 6.05. The van der Waals surface area contributed by atoms with E-state index in [0.717, 1.165) is 16.8 Å². The molecule has 1 saturated carbocycles. The van der Waals surface area contributed by atoms with Crippen LogP contribution in [0, 0.1) is 5.41 Å². The average molecular weight is 489 g/mol. The smallest absolute Gasteiger partial charge is 0.311 e. The summed E-state index contributed by atoms with van der Waals surface area (Å²) in [6.07, 6.45) is 7.31. The van der Waals surface area contributed by atoms with Crippen molar-refractivity contribution in [3.63, 3.8) is 0 Å². The number of methoxy groups -OCH3 is 1. The van der Waals surface area contributed by atoms with Gasteiger partial charge in [0.25, 0.3) is 0 Å². The number of Topliss-reactive ketones (excluding diaryl/α,β-unsaturated/α-hetero) is 1. The molecule has 0 spiro atoms. The summed E-state index contributed by atoms with van der Waals surface area (Å²) < 4.78 is 8.49. The summed E-state index contributed by atoms with van der Waals surface area (Å²) in [5, 5.41) is 18.7. The van der Waals surface area contributed by atoms with Crippen LogP contribution in [0.3, 0.4) is 0 Å². The van der Waals surface area contributed by atoms with Gasteiger partial charge in [-0.2, -0.15) is 14.7 Å². The molecule has 1 aliphatic carbocycles. The van der Waals surface area contributed by atoms with Crippen LogP contribution in [0.1, 0.15) is 54.6 Å². The van der Waals surface area contributed by atoms with Crippen LogP contribution in [0.25, 0.3) is 22.5 Å². The van der Waals surface area contributed by atoms with E-state index < -0.39 is 11.4 Å². The van der Waals surface area contributed by atoms with Crippen molar-refractivity contribution in [3.05, 3.63) is 60.2 Å². The lowest BCUT2D eigenvalue weighted by molar-refractivity contribution is -0.155. The number of carboxylic acid groups (broad SMARTS) is 1. The Labute approximate surface area is 207 Å². The van der Waals surface area contributed by atoms with Gasteiger partial charge in [0.15, 0.2) is 11.4 Å². The first-order valence-electron chi connectivity index (χ1n) is 11.9. The number of anilines is 1. The Morgan fingerprint density at radius 3 is 2.53 bits per heavy atom. The second-order valence-electron chi connectivity index (χ2n) is 9.41. The molecular formula is C26H28N6O4. The zero-order chi connectivity index (χ0) is 25.4. The topological polar surface area (TPSA) is 138 Å². The Morgan fingerprint density at radius 1 is 1.17 bits per heavy atom. The number of ether oxygens (including phenoxy) is 1. The number of carbonyl (C=O) groups excluding carboxylic acids is 1. The zero-order valence-electron chi connectivity index (χ0n) is 20.2. The summed E-state index contributed by atoms with van der Waals surface area (Å²) in [5.41, 5.74) is 9.51. The highest BCUT2D eigenvalue weighted by molar-refractivity contribution is 6.00. The van der Waals surface area contributed by atoms with Crippen LogP contribution in [0.15, 0.2) is 48.9 Å². The van der Waals surface area contributed by atoms with E-state index >= 15 is 0 Å². The van der Waals surface area contributed by atoms with Gasteiger partial charge in [-0.15, -0.1) is 0 Å². The number of nitrogen functional groups attached to an aromatic ring is 1. The predicted molar refractivity (Wildman–Crippen MR) is 133 cm³/mol. The third kappa shape index (κ3) is 3.93. The molecule has 10 heteroatoms. The first-order valence-corrected chi connectivity index (χ1v) is 11.9. The molecule has 10 nitrogen and oxygen atoms in total. The number of aromatic nitrogens is 5. The van der Waals surface area contributed by atoms with Crippen molar-refractivity contribution in [2.45, 2.75) is 38.5 Å². The minimum absolute atomic E-state index is 0.102. The fourth-order valence-corrected chi connectivity index (χ4v) is 5.22. The highest BCUT2D eigenvalue weighted by Crippen LogP contribution is 2.45. The van der Waals surface area contributed by atoms with Crippen LogP contribution < -0.4 is 5.73 Å². The number of nitrogens with zero attached hydrogens (tertiary/aromatic N) is 5. The van der Waals surface area contributed by atoms with Crippen molar-refractivity contribution in [1.82, 2.24) is 24.4 Å². The monoisotopic (exact) mass is 488 g/mol. The third-order valence-corrected chi connectivity index (χ3v) is 7.18. The Morgan fingerprint density at radius 2 is 1.89 bits per heavy atom. The van der Waals surface area contributed by atoms with E-state index in [9.17, 15) is 14.7 Å². The lowest BCUT2D eigenvalue weighted by Crippen LogP contribution is -2.39. The molecule has 0 bridgehead atoms. The van der Waals surface area contributed by atoms with E-state index in [1.165, 1.54) is 18.5 Å². The summed E-state index contributed by atoms with van der Waals surface area (Å²) in [6, 6.07) is 9.76. The molecule has 0 atom stereocenters. The zero-order valence-corrected chi connectivity index (χ0v) is 20.2. The first-order chi connectivity index (χ1) is 17.3.